The number of ether oxygens (including phenoxy) is 2. The smallest absolute Gasteiger partial charge is 0.259 e. The monoisotopic (exact) mass is 360 g/mol. The minimum Gasteiger partial charge on any atom is -0.481 e. The van der Waals surface area contributed by atoms with Crippen molar-refractivity contribution < 1.29 is 19.4 Å². The summed E-state index contributed by atoms with van der Waals surface area (Å²) in [6, 6.07) is 5.31. The van der Waals surface area contributed by atoms with Gasteiger partial charge in [0.1, 0.15) is 5.56 Å². The fraction of sp³-hybridized carbons (Fsp3) is 0.500. The van der Waals surface area contributed by atoms with Crippen molar-refractivity contribution in [3.05, 3.63) is 35.7 Å². The van der Waals surface area contributed by atoms with Crippen molar-refractivity contribution in [2.75, 3.05) is 33.9 Å². The maximum absolute atomic E-state index is 13.0. The Hall–Kier alpha value is -2.61. The first-order valence-corrected chi connectivity index (χ1v) is 8.68. The van der Waals surface area contributed by atoms with Crippen LogP contribution in [0.25, 0.3) is 0 Å². The molecule has 0 aromatic carbocycles. The summed E-state index contributed by atoms with van der Waals surface area (Å²) >= 11 is 0. The van der Waals surface area contributed by atoms with Crippen LogP contribution >= 0.6 is 0 Å². The van der Waals surface area contributed by atoms with Gasteiger partial charge < -0.3 is 19.5 Å². The summed E-state index contributed by atoms with van der Waals surface area (Å²) in [6.07, 6.45) is 3.76. The molecule has 3 rings (SSSR count). The van der Waals surface area contributed by atoms with Gasteiger partial charge in [0.15, 0.2) is 0 Å². The van der Waals surface area contributed by atoms with E-state index in [4.69, 9.17) is 14.6 Å². The molecular formula is C18H24N4O4. The first kappa shape index (κ1) is 18.2. The molecule has 2 aromatic heterocycles. The Morgan fingerprint density at radius 2 is 2.15 bits per heavy atom. The third kappa shape index (κ3) is 3.80. The van der Waals surface area contributed by atoms with Gasteiger partial charge in [0.2, 0.25) is 11.8 Å². The number of aliphatic hydroxyl groups is 1. The van der Waals surface area contributed by atoms with Crippen LogP contribution in [-0.4, -0.2) is 64.6 Å². The number of likely N-dealkylation sites (tertiary alicyclic amines) is 1. The van der Waals surface area contributed by atoms with Gasteiger partial charge in [0.25, 0.3) is 5.91 Å². The van der Waals surface area contributed by atoms with Crippen LogP contribution in [0, 0.1) is 0 Å². The molecule has 2 aromatic rings. The van der Waals surface area contributed by atoms with E-state index in [9.17, 15) is 4.79 Å². The Morgan fingerprint density at radius 3 is 2.88 bits per heavy atom. The van der Waals surface area contributed by atoms with E-state index in [2.05, 4.69) is 10.1 Å². The number of pyridine rings is 1. The van der Waals surface area contributed by atoms with Gasteiger partial charge in [-0.25, -0.2) is 0 Å². The number of nitrogens with zero attached hydrogens (tertiary/aromatic N) is 4. The summed E-state index contributed by atoms with van der Waals surface area (Å²) in [5, 5.41) is 13.5. The zero-order valence-corrected chi connectivity index (χ0v) is 15.1. The number of hydrogen-bond acceptors (Lipinski definition) is 6. The molecule has 1 aliphatic rings. The molecular weight excluding hydrogens is 336 g/mol. The topological polar surface area (TPSA) is 89.7 Å². The second-order valence-corrected chi connectivity index (χ2v) is 6.23. The molecule has 3 heterocycles. The molecule has 1 atom stereocenters. The van der Waals surface area contributed by atoms with Crippen LogP contribution in [-0.2, 0) is 6.54 Å². The number of methoxy groups -OCH3 is 2. The maximum Gasteiger partial charge on any atom is 0.259 e. The lowest BCUT2D eigenvalue weighted by Crippen LogP contribution is -2.39. The van der Waals surface area contributed by atoms with Crippen LogP contribution < -0.4 is 9.47 Å². The van der Waals surface area contributed by atoms with Crippen LogP contribution in [0.1, 0.15) is 34.8 Å². The van der Waals surface area contributed by atoms with Gasteiger partial charge in [-0.1, -0.05) is 0 Å². The van der Waals surface area contributed by atoms with E-state index in [1.807, 2.05) is 17.2 Å². The van der Waals surface area contributed by atoms with E-state index in [1.165, 1.54) is 14.2 Å². The van der Waals surface area contributed by atoms with Crippen LogP contribution in [0.3, 0.4) is 0 Å². The first-order chi connectivity index (χ1) is 12.7. The van der Waals surface area contributed by atoms with Gasteiger partial charge in [0, 0.05) is 31.3 Å². The first-order valence-electron chi connectivity index (χ1n) is 8.68. The van der Waals surface area contributed by atoms with Gasteiger partial charge >= 0.3 is 0 Å². The number of amides is 1. The fourth-order valence-electron chi connectivity index (χ4n) is 3.25. The van der Waals surface area contributed by atoms with Crippen molar-refractivity contribution in [1.82, 2.24) is 19.7 Å². The van der Waals surface area contributed by atoms with Gasteiger partial charge in [-0.3, -0.25) is 9.48 Å². The molecule has 0 aliphatic carbocycles. The zero-order chi connectivity index (χ0) is 18.5. The minimum absolute atomic E-state index is 0.0562. The number of rotatable bonds is 6. The van der Waals surface area contributed by atoms with Crippen molar-refractivity contribution in [1.29, 1.82) is 0 Å². The highest BCUT2D eigenvalue weighted by molar-refractivity contribution is 5.96. The van der Waals surface area contributed by atoms with Crippen molar-refractivity contribution >= 4 is 5.91 Å². The highest BCUT2D eigenvalue weighted by Crippen LogP contribution is 2.28. The number of hydrogen-bond donors (Lipinski definition) is 1. The highest BCUT2D eigenvalue weighted by atomic mass is 16.5. The van der Waals surface area contributed by atoms with Crippen molar-refractivity contribution in [2.45, 2.75) is 25.3 Å². The number of aliphatic hydroxyl groups excluding tert-OH is 1. The van der Waals surface area contributed by atoms with Crippen molar-refractivity contribution in [3.8, 4) is 11.8 Å². The number of carbonyl (C=O) groups is 1. The summed E-state index contributed by atoms with van der Waals surface area (Å²) in [4.78, 5) is 19.0. The molecule has 26 heavy (non-hydrogen) atoms. The highest BCUT2D eigenvalue weighted by Gasteiger charge is 2.28. The van der Waals surface area contributed by atoms with E-state index in [-0.39, 0.29) is 24.3 Å². The Morgan fingerprint density at radius 1 is 1.31 bits per heavy atom. The molecule has 8 nitrogen and oxygen atoms in total. The predicted octanol–water partition coefficient (Wildman–Crippen LogP) is 1.31. The summed E-state index contributed by atoms with van der Waals surface area (Å²) in [5.41, 5.74) is 1.38. The minimum atomic E-state index is -0.100. The van der Waals surface area contributed by atoms with Gasteiger partial charge in [-0.05, 0) is 25.0 Å². The van der Waals surface area contributed by atoms with Crippen LogP contribution in [0.15, 0.2) is 24.4 Å². The van der Waals surface area contributed by atoms with Crippen LogP contribution in [0.5, 0.6) is 11.8 Å². The van der Waals surface area contributed by atoms with Gasteiger partial charge in [0.05, 0.1) is 33.1 Å². The summed E-state index contributed by atoms with van der Waals surface area (Å²) in [7, 11) is 3.01. The summed E-state index contributed by atoms with van der Waals surface area (Å²) in [6.45, 7) is 1.83. The Labute approximate surface area is 152 Å². The third-order valence-corrected chi connectivity index (χ3v) is 4.58. The van der Waals surface area contributed by atoms with E-state index in [1.54, 1.807) is 16.8 Å². The summed E-state index contributed by atoms with van der Waals surface area (Å²) in [5.74, 6) is 0.759. The molecule has 1 unspecified atom stereocenters. The predicted molar refractivity (Wildman–Crippen MR) is 94.5 cm³/mol. The van der Waals surface area contributed by atoms with E-state index >= 15 is 0 Å². The molecule has 0 bridgehead atoms. The SMILES string of the molecule is COc1ccc(C(=O)N2CCCC(c3ccn(CCO)n3)C2)c(OC)n1. The molecule has 0 radical (unpaired) electrons. The second-order valence-electron chi connectivity index (χ2n) is 6.23. The fourth-order valence-corrected chi connectivity index (χ4v) is 3.25. The molecule has 1 aliphatic heterocycles. The molecule has 1 N–H and O–H groups in total. The lowest BCUT2D eigenvalue weighted by Gasteiger charge is -2.32. The van der Waals surface area contributed by atoms with Crippen LogP contribution in [0.4, 0.5) is 0 Å². The molecule has 1 fully saturated rings. The average Bonchev–Trinajstić information content (AvgIpc) is 3.16. The Balaban J connectivity index is 1.75. The van der Waals surface area contributed by atoms with Crippen LogP contribution in [0.2, 0.25) is 0 Å². The van der Waals surface area contributed by atoms with Crippen molar-refractivity contribution in [2.24, 2.45) is 0 Å². The molecule has 0 saturated carbocycles. The Bertz CT molecular complexity index is 761. The van der Waals surface area contributed by atoms with E-state index in [0.717, 1.165) is 18.5 Å². The summed E-state index contributed by atoms with van der Waals surface area (Å²) < 4.78 is 12.1. The molecule has 0 spiro atoms. The second kappa shape index (κ2) is 8.18. The lowest BCUT2D eigenvalue weighted by atomic mass is 9.94. The standard InChI is InChI=1S/C18H24N4O4/c1-25-16-6-5-14(17(19-16)26-2)18(24)21-8-3-4-13(12-21)15-7-9-22(20-15)10-11-23/h5-7,9,13,23H,3-4,8,10-12H2,1-2H3. The quantitative estimate of drug-likeness (QED) is 0.835. The number of piperidine rings is 1. The largest absolute Gasteiger partial charge is 0.481 e. The Kier molecular flexibility index (Phi) is 5.72. The number of aromatic nitrogens is 3. The van der Waals surface area contributed by atoms with E-state index in [0.29, 0.717) is 31.1 Å². The van der Waals surface area contributed by atoms with Gasteiger partial charge in [-0.15, -0.1) is 0 Å². The molecule has 8 heteroatoms. The number of carbonyl (C=O) groups excluding carboxylic acids is 1. The van der Waals surface area contributed by atoms with Crippen molar-refractivity contribution in [3.63, 3.8) is 0 Å². The zero-order valence-electron chi connectivity index (χ0n) is 15.1. The lowest BCUT2D eigenvalue weighted by molar-refractivity contribution is 0.0701. The maximum atomic E-state index is 13.0. The van der Waals surface area contributed by atoms with Gasteiger partial charge in [-0.2, -0.15) is 10.1 Å². The normalized spacial score (nSPS) is 17.2. The van der Waals surface area contributed by atoms with E-state index < -0.39 is 0 Å². The average molecular weight is 360 g/mol. The third-order valence-electron chi connectivity index (χ3n) is 4.58. The molecule has 140 valence electrons. The molecule has 1 amide bonds. The molecule has 1 saturated heterocycles.